The first-order valence-electron chi connectivity index (χ1n) is 4.15. The second-order valence-electron chi connectivity index (χ2n) is 2.70. The number of benzene rings is 1. The second-order valence-corrected chi connectivity index (χ2v) is 5.17. The molecule has 64 valence electrons. The van der Waals surface area contributed by atoms with Crippen LogP contribution in [0.1, 0.15) is 12.0 Å². The average Bonchev–Trinajstić information content (AvgIpc) is 2.21. The Bertz CT molecular complexity index is 232. The SMILES string of the molecule is [K+].c1ccc([C-]2SCCCS2)cc1. The van der Waals surface area contributed by atoms with Crippen molar-refractivity contribution >= 4 is 23.5 Å². The third-order valence-corrected chi connectivity index (χ3v) is 4.45. The fourth-order valence-corrected chi connectivity index (χ4v) is 3.74. The van der Waals surface area contributed by atoms with E-state index in [0.717, 1.165) is 0 Å². The number of hydrogen-bond acceptors (Lipinski definition) is 2. The molecule has 1 aromatic rings. The van der Waals surface area contributed by atoms with Gasteiger partial charge in [0.25, 0.3) is 0 Å². The van der Waals surface area contributed by atoms with Gasteiger partial charge in [-0.3, -0.25) is 0 Å². The van der Waals surface area contributed by atoms with Crippen LogP contribution in [0.5, 0.6) is 0 Å². The number of rotatable bonds is 1. The normalized spacial score (nSPS) is 16.5. The Morgan fingerprint density at radius 3 is 2.23 bits per heavy atom. The summed E-state index contributed by atoms with van der Waals surface area (Å²) >= 11 is 3.99. The predicted molar refractivity (Wildman–Crippen MR) is 58.3 cm³/mol. The summed E-state index contributed by atoms with van der Waals surface area (Å²) in [5.74, 6) is 2.58. The van der Waals surface area contributed by atoms with Crippen molar-refractivity contribution in [3.8, 4) is 0 Å². The van der Waals surface area contributed by atoms with Gasteiger partial charge in [-0.15, -0.1) is 12.1 Å². The molecule has 1 aromatic carbocycles. The van der Waals surface area contributed by atoms with Crippen LogP contribution >= 0.6 is 23.5 Å². The van der Waals surface area contributed by atoms with Crippen LogP contribution in [-0.4, -0.2) is 11.5 Å². The molecule has 13 heavy (non-hydrogen) atoms. The Morgan fingerprint density at radius 2 is 1.62 bits per heavy atom. The topological polar surface area (TPSA) is 0 Å². The third-order valence-electron chi connectivity index (χ3n) is 1.76. The van der Waals surface area contributed by atoms with E-state index in [1.54, 1.807) is 0 Å². The zero-order chi connectivity index (χ0) is 8.23. The third kappa shape index (κ3) is 3.82. The molecule has 0 atom stereocenters. The van der Waals surface area contributed by atoms with E-state index < -0.39 is 0 Å². The molecule has 0 nitrogen and oxygen atoms in total. The van der Waals surface area contributed by atoms with Gasteiger partial charge < -0.3 is 0 Å². The van der Waals surface area contributed by atoms with Crippen molar-refractivity contribution in [3.63, 3.8) is 0 Å². The monoisotopic (exact) mass is 234 g/mol. The van der Waals surface area contributed by atoms with Gasteiger partial charge in [-0.25, -0.2) is 0 Å². The van der Waals surface area contributed by atoms with Gasteiger partial charge in [0.15, 0.2) is 0 Å². The van der Waals surface area contributed by atoms with Crippen molar-refractivity contribution in [1.29, 1.82) is 0 Å². The first kappa shape index (κ1) is 12.5. The molecule has 1 fully saturated rings. The van der Waals surface area contributed by atoms with Gasteiger partial charge in [0, 0.05) is 0 Å². The zero-order valence-electron chi connectivity index (χ0n) is 7.82. The van der Waals surface area contributed by atoms with Crippen molar-refractivity contribution in [2.45, 2.75) is 6.42 Å². The van der Waals surface area contributed by atoms with Gasteiger partial charge in [0.1, 0.15) is 0 Å². The van der Waals surface area contributed by atoms with Gasteiger partial charge in [-0.1, -0.05) is 10.6 Å². The maximum Gasteiger partial charge on any atom is 1.00 e. The van der Waals surface area contributed by atoms with Crippen LogP contribution in [0.2, 0.25) is 0 Å². The Balaban J connectivity index is 0.000000845. The molecule has 0 aliphatic carbocycles. The summed E-state index contributed by atoms with van der Waals surface area (Å²) in [4.78, 5) is 0. The van der Waals surface area contributed by atoms with Crippen molar-refractivity contribution in [1.82, 2.24) is 0 Å². The molecule has 0 bridgehead atoms. The fourth-order valence-electron chi connectivity index (χ4n) is 1.17. The molecule has 0 N–H and O–H groups in total. The van der Waals surface area contributed by atoms with Crippen molar-refractivity contribution in [2.75, 3.05) is 11.5 Å². The van der Waals surface area contributed by atoms with E-state index in [2.05, 4.69) is 30.3 Å². The van der Waals surface area contributed by atoms with Crippen LogP contribution in [0.4, 0.5) is 0 Å². The summed E-state index contributed by atoms with van der Waals surface area (Å²) in [5.41, 5.74) is 1.40. The smallest absolute Gasteiger partial charge is 0.188 e. The molecule has 0 amide bonds. The van der Waals surface area contributed by atoms with Gasteiger partial charge >= 0.3 is 51.4 Å². The molecular weight excluding hydrogens is 223 g/mol. The van der Waals surface area contributed by atoms with Crippen LogP contribution in [0.3, 0.4) is 0 Å². The molecule has 0 saturated carbocycles. The summed E-state index contributed by atoms with van der Waals surface area (Å²) in [6.07, 6.45) is 1.35. The minimum Gasteiger partial charge on any atom is -0.188 e. The Hall–Kier alpha value is 1.43. The van der Waals surface area contributed by atoms with Crippen LogP contribution in [-0.2, 0) is 0 Å². The molecule has 0 unspecified atom stereocenters. The quantitative estimate of drug-likeness (QED) is 0.510. The molecule has 1 saturated heterocycles. The van der Waals surface area contributed by atoms with E-state index >= 15 is 0 Å². The van der Waals surface area contributed by atoms with Crippen molar-refractivity contribution in [3.05, 3.63) is 40.5 Å². The second kappa shape index (κ2) is 6.83. The van der Waals surface area contributed by atoms with E-state index in [-0.39, 0.29) is 51.4 Å². The van der Waals surface area contributed by atoms with Crippen LogP contribution in [0.25, 0.3) is 0 Å². The molecule has 1 aliphatic heterocycles. The molecule has 1 heterocycles. The maximum atomic E-state index is 2.20. The van der Waals surface area contributed by atoms with Crippen LogP contribution < -0.4 is 51.4 Å². The summed E-state index contributed by atoms with van der Waals surface area (Å²) in [6.45, 7) is 0. The Morgan fingerprint density at radius 1 is 1.00 bits per heavy atom. The summed E-state index contributed by atoms with van der Waals surface area (Å²) in [5, 5.41) is 0. The molecule has 0 aromatic heterocycles. The Kier molecular flexibility index (Phi) is 6.56. The Labute approximate surface area is 131 Å². The van der Waals surface area contributed by atoms with E-state index in [0.29, 0.717) is 0 Å². The molecule has 3 heteroatoms. The fraction of sp³-hybridized carbons (Fsp3) is 0.300. The zero-order valence-corrected chi connectivity index (χ0v) is 12.6. The van der Waals surface area contributed by atoms with Gasteiger partial charge in [-0.2, -0.15) is 41.2 Å². The number of hydrogen-bond donors (Lipinski definition) is 0. The standard InChI is InChI=1S/C10H11S2.K/c1-2-5-9(6-3-1)10-11-7-4-8-12-10;/h1-3,5-6H,4,7-8H2;/q-1;+1. The van der Waals surface area contributed by atoms with Crippen molar-refractivity contribution < 1.29 is 51.4 Å². The molecule has 2 rings (SSSR count). The number of thioether (sulfide) groups is 2. The summed E-state index contributed by atoms with van der Waals surface area (Å²) in [6, 6.07) is 10.7. The first-order valence-corrected chi connectivity index (χ1v) is 6.12. The molecule has 0 radical (unpaired) electrons. The van der Waals surface area contributed by atoms with Crippen molar-refractivity contribution in [2.24, 2.45) is 0 Å². The van der Waals surface area contributed by atoms with E-state index in [9.17, 15) is 0 Å². The average molecular weight is 234 g/mol. The van der Waals surface area contributed by atoms with Crippen LogP contribution in [0, 0.1) is 4.58 Å². The van der Waals surface area contributed by atoms with Crippen LogP contribution in [0.15, 0.2) is 30.3 Å². The predicted octanol–water partition coefficient (Wildman–Crippen LogP) is 0.398. The van der Waals surface area contributed by atoms with Gasteiger partial charge in [0.2, 0.25) is 0 Å². The van der Waals surface area contributed by atoms with E-state index in [1.165, 1.54) is 28.1 Å². The minimum absolute atomic E-state index is 0. The largest absolute Gasteiger partial charge is 1.00 e. The minimum atomic E-state index is 0. The summed E-state index contributed by atoms with van der Waals surface area (Å²) in [7, 11) is 0. The molecular formula is C10H11KS2. The van der Waals surface area contributed by atoms with Gasteiger partial charge in [-0.05, 0) is 17.9 Å². The molecule has 0 spiro atoms. The summed E-state index contributed by atoms with van der Waals surface area (Å²) < 4.78 is 1.50. The maximum absolute atomic E-state index is 2.20. The molecule has 1 aliphatic rings. The first-order chi connectivity index (χ1) is 5.97. The van der Waals surface area contributed by atoms with Gasteiger partial charge in [0.05, 0.1) is 0 Å². The van der Waals surface area contributed by atoms with E-state index in [4.69, 9.17) is 0 Å². The van der Waals surface area contributed by atoms with E-state index in [1.807, 2.05) is 23.5 Å².